The molecule has 0 aliphatic heterocycles. The van der Waals surface area contributed by atoms with E-state index < -0.39 is 0 Å². The van der Waals surface area contributed by atoms with Crippen LogP contribution in [0.4, 0.5) is 0 Å². The van der Waals surface area contributed by atoms with Gasteiger partial charge >= 0.3 is 0 Å². The van der Waals surface area contributed by atoms with Crippen molar-refractivity contribution >= 4 is 0 Å². The molecule has 0 spiro atoms. The molecule has 0 saturated heterocycles. The molecule has 3 rings (SSSR count). The summed E-state index contributed by atoms with van der Waals surface area (Å²) in [6.45, 7) is 7.51. The molecule has 0 atom stereocenters. The van der Waals surface area contributed by atoms with E-state index in [1.807, 2.05) is 36.4 Å². The molecule has 0 aliphatic rings. The summed E-state index contributed by atoms with van der Waals surface area (Å²) in [5.41, 5.74) is 5.93. The minimum Gasteiger partial charge on any atom is -0.508 e. The van der Waals surface area contributed by atoms with E-state index >= 15 is 0 Å². The van der Waals surface area contributed by atoms with Crippen LogP contribution >= 0.6 is 0 Å². The lowest BCUT2D eigenvalue weighted by atomic mass is 9.92. The predicted octanol–water partition coefficient (Wildman–Crippen LogP) is 5.89. The molecule has 3 aromatic rings. The van der Waals surface area contributed by atoms with Crippen LogP contribution in [0, 0.1) is 0 Å². The Morgan fingerprint density at radius 3 is 1.46 bits per heavy atom. The molecule has 0 aromatic heterocycles. The maximum atomic E-state index is 10.0. The van der Waals surface area contributed by atoms with Gasteiger partial charge in [0.15, 0.2) is 0 Å². The van der Waals surface area contributed by atoms with Gasteiger partial charge < -0.3 is 10.2 Å². The van der Waals surface area contributed by atoms with E-state index in [4.69, 9.17) is 0 Å². The highest BCUT2D eigenvalue weighted by Crippen LogP contribution is 2.36. The standard InChI is InChI=1S/C24H22O2/c1-3-7-19-15-17(11-13-23(19)25)21-9-5-6-10-22(21)18-12-14-24(26)20(16-18)8-4-2/h3-6,9-16,25-26H,1-2,7-8H2. The number of phenols is 2. The van der Waals surface area contributed by atoms with E-state index in [9.17, 15) is 10.2 Å². The normalized spacial score (nSPS) is 10.5. The van der Waals surface area contributed by atoms with Crippen LogP contribution in [0.25, 0.3) is 22.3 Å². The van der Waals surface area contributed by atoms with Crippen LogP contribution < -0.4 is 0 Å². The van der Waals surface area contributed by atoms with Crippen LogP contribution in [0.5, 0.6) is 11.5 Å². The summed E-state index contributed by atoms with van der Waals surface area (Å²) in [5, 5.41) is 20.1. The van der Waals surface area contributed by atoms with E-state index in [1.54, 1.807) is 24.3 Å². The quantitative estimate of drug-likeness (QED) is 0.548. The fourth-order valence-electron chi connectivity index (χ4n) is 3.13. The molecule has 0 aliphatic carbocycles. The van der Waals surface area contributed by atoms with Crippen LogP contribution in [0.2, 0.25) is 0 Å². The number of phenolic OH excluding ortho intramolecular Hbond substituents is 2. The molecule has 3 aromatic carbocycles. The number of hydrogen-bond acceptors (Lipinski definition) is 2. The Balaban J connectivity index is 2.13. The third kappa shape index (κ3) is 3.55. The Morgan fingerprint density at radius 1 is 0.654 bits per heavy atom. The van der Waals surface area contributed by atoms with E-state index in [1.165, 1.54) is 0 Å². The molecular formula is C24H22O2. The van der Waals surface area contributed by atoms with Gasteiger partial charge in [0.25, 0.3) is 0 Å². The van der Waals surface area contributed by atoms with E-state index in [-0.39, 0.29) is 11.5 Å². The van der Waals surface area contributed by atoms with E-state index in [2.05, 4.69) is 25.3 Å². The highest BCUT2D eigenvalue weighted by atomic mass is 16.3. The number of benzene rings is 3. The summed E-state index contributed by atoms with van der Waals surface area (Å²) in [5.74, 6) is 0.563. The zero-order valence-corrected chi connectivity index (χ0v) is 14.7. The molecule has 0 amide bonds. The predicted molar refractivity (Wildman–Crippen MR) is 108 cm³/mol. The van der Waals surface area contributed by atoms with Gasteiger partial charge in [0.05, 0.1) is 0 Å². The Bertz CT molecular complexity index is 876. The van der Waals surface area contributed by atoms with Gasteiger partial charge in [0.2, 0.25) is 0 Å². The zero-order chi connectivity index (χ0) is 18.5. The SMILES string of the molecule is C=CCc1cc(-c2ccccc2-c2ccc(O)c(CC=C)c2)ccc1O. The molecule has 0 bridgehead atoms. The third-order valence-corrected chi connectivity index (χ3v) is 4.44. The van der Waals surface area contributed by atoms with Gasteiger partial charge in [-0.15, -0.1) is 13.2 Å². The van der Waals surface area contributed by atoms with Crippen molar-refractivity contribution in [2.45, 2.75) is 12.8 Å². The Labute approximate surface area is 154 Å². The van der Waals surface area contributed by atoms with Gasteiger partial charge in [-0.3, -0.25) is 0 Å². The number of aromatic hydroxyl groups is 2. The topological polar surface area (TPSA) is 40.5 Å². The second-order valence-corrected chi connectivity index (χ2v) is 6.22. The highest BCUT2D eigenvalue weighted by Gasteiger charge is 2.11. The summed E-state index contributed by atoms with van der Waals surface area (Å²) in [6.07, 6.45) is 4.80. The van der Waals surface area contributed by atoms with Crippen molar-refractivity contribution in [2.24, 2.45) is 0 Å². The molecule has 26 heavy (non-hydrogen) atoms. The van der Waals surface area contributed by atoms with Crippen LogP contribution in [0.3, 0.4) is 0 Å². The van der Waals surface area contributed by atoms with Crippen LogP contribution in [-0.2, 0) is 12.8 Å². The van der Waals surface area contributed by atoms with Crippen molar-refractivity contribution < 1.29 is 10.2 Å². The van der Waals surface area contributed by atoms with Gasteiger partial charge in [-0.05, 0) is 70.5 Å². The molecule has 2 N–H and O–H groups in total. The summed E-state index contributed by atoms with van der Waals surface area (Å²) in [6, 6.07) is 19.4. The van der Waals surface area contributed by atoms with Crippen LogP contribution in [0.1, 0.15) is 11.1 Å². The summed E-state index contributed by atoms with van der Waals surface area (Å²) < 4.78 is 0. The second-order valence-electron chi connectivity index (χ2n) is 6.22. The monoisotopic (exact) mass is 342 g/mol. The Morgan fingerprint density at radius 2 is 1.08 bits per heavy atom. The number of rotatable bonds is 6. The lowest BCUT2D eigenvalue weighted by Crippen LogP contribution is -1.90. The Kier molecular flexibility index (Phi) is 5.23. The Hall–Kier alpha value is -3.26. The van der Waals surface area contributed by atoms with Gasteiger partial charge in [0.1, 0.15) is 11.5 Å². The molecule has 0 radical (unpaired) electrons. The minimum absolute atomic E-state index is 0.282. The average Bonchev–Trinajstić information content (AvgIpc) is 2.66. The molecular weight excluding hydrogens is 320 g/mol. The van der Waals surface area contributed by atoms with E-state index in [0.29, 0.717) is 12.8 Å². The summed E-state index contributed by atoms with van der Waals surface area (Å²) >= 11 is 0. The first-order chi connectivity index (χ1) is 12.6. The maximum Gasteiger partial charge on any atom is 0.119 e. The molecule has 0 unspecified atom stereocenters. The van der Waals surface area contributed by atoms with E-state index in [0.717, 1.165) is 33.4 Å². The summed E-state index contributed by atoms with van der Waals surface area (Å²) in [4.78, 5) is 0. The molecule has 0 heterocycles. The first kappa shape index (κ1) is 17.6. The lowest BCUT2D eigenvalue weighted by Gasteiger charge is -2.13. The third-order valence-electron chi connectivity index (χ3n) is 4.44. The molecule has 130 valence electrons. The van der Waals surface area contributed by atoms with Crippen molar-refractivity contribution in [1.82, 2.24) is 0 Å². The van der Waals surface area contributed by atoms with Crippen molar-refractivity contribution in [3.05, 3.63) is 97.1 Å². The van der Waals surface area contributed by atoms with Gasteiger partial charge in [0, 0.05) is 0 Å². The van der Waals surface area contributed by atoms with Gasteiger partial charge in [-0.2, -0.15) is 0 Å². The first-order valence-electron chi connectivity index (χ1n) is 8.59. The largest absolute Gasteiger partial charge is 0.508 e. The van der Waals surface area contributed by atoms with Crippen molar-refractivity contribution in [2.75, 3.05) is 0 Å². The van der Waals surface area contributed by atoms with Crippen molar-refractivity contribution in [3.8, 4) is 33.8 Å². The molecule has 2 heteroatoms. The minimum atomic E-state index is 0.282. The second kappa shape index (κ2) is 7.75. The number of hydrogen-bond donors (Lipinski definition) is 2. The molecule has 0 saturated carbocycles. The smallest absolute Gasteiger partial charge is 0.119 e. The zero-order valence-electron chi connectivity index (χ0n) is 14.7. The average molecular weight is 342 g/mol. The lowest BCUT2D eigenvalue weighted by molar-refractivity contribution is 0.469. The van der Waals surface area contributed by atoms with Crippen molar-refractivity contribution in [1.29, 1.82) is 0 Å². The first-order valence-corrected chi connectivity index (χ1v) is 8.59. The van der Waals surface area contributed by atoms with Crippen molar-refractivity contribution in [3.63, 3.8) is 0 Å². The molecule has 0 fully saturated rings. The fourth-order valence-corrected chi connectivity index (χ4v) is 3.13. The maximum absolute atomic E-state index is 10.0. The van der Waals surface area contributed by atoms with Crippen LogP contribution in [-0.4, -0.2) is 10.2 Å². The fraction of sp³-hybridized carbons (Fsp3) is 0.0833. The van der Waals surface area contributed by atoms with Gasteiger partial charge in [-0.25, -0.2) is 0 Å². The molecule has 2 nitrogen and oxygen atoms in total. The summed E-state index contributed by atoms with van der Waals surface area (Å²) in [7, 11) is 0. The van der Waals surface area contributed by atoms with Gasteiger partial charge in [-0.1, -0.05) is 48.6 Å². The van der Waals surface area contributed by atoms with Crippen LogP contribution in [0.15, 0.2) is 86.0 Å². The highest BCUT2D eigenvalue weighted by molar-refractivity contribution is 5.84. The number of allylic oxidation sites excluding steroid dienone is 2.